The van der Waals surface area contributed by atoms with Crippen LogP contribution in [0.2, 0.25) is 0 Å². The van der Waals surface area contributed by atoms with Gasteiger partial charge in [-0.05, 0) is 87.7 Å². The van der Waals surface area contributed by atoms with Gasteiger partial charge in [0.15, 0.2) is 0 Å². The number of para-hydroxylation sites is 1. The van der Waals surface area contributed by atoms with E-state index in [1.54, 1.807) is 0 Å². The molecule has 0 N–H and O–H groups in total. The molecule has 1 heterocycles. The molecule has 0 spiro atoms. The van der Waals surface area contributed by atoms with Gasteiger partial charge in [0.1, 0.15) is 11.2 Å². The quantitative estimate of drug-likeness (QED) is 0.175. The summed E-state index contributed by atoms with van der Waals surface area (Å²) < 4.78 is 6.76. The molecule has 0 radical (unpaired) electrons. The average molecular weight is 668 g/mol. The van der Waals surface area contributed by atoms with Crippen LogP contribution in [0.5, 0.6) is 0 Å². The Morgan fingerprint density at radius 3 is 1.88 bits per heavy atom. The molecular weight excluding hydrogens is 631 g/mol. The maximum Gasteiger partial charge on any atom is 0.135 e. The minimum atomic E-state index is -0.471. The van der Waals surface area contributed by atoms with E-state index in [9.17, 15) is 0 Å². The fourth-order valence-electron chi connectivity index (χ4n) is 8.77. The number of allylic oxidation sites excluding steroid dienone is 3. The van der Waals surface area contributed by atoms with Gasteiger partial charge >= 0.3 is 0 Å². The van der Waals surface area contributed by atoms with Gasteiger partial charge in [-0.15, -0.1) is 0 Å². The first-order chi connectivity index (χ1) is 25.7. The SMILES string of the molecule is CC1C=C(N(c2ccccc2)c2ccc3oc4cc(C5(c6ccccc6)c6ccccc6-c6ccccc65)ccc4c3c2)C(c2ccccc2)=CC1. The number of hydrogen-bond acceptors (Lipinski definition) is 2. The number of rotatable bonds is 6. The van der Waals surface area contributed by atoms with Crippen molar-refractivity contribution in [1.82, 2.24) is 0 Å². The second-order valence-electron chi connectivity index (χ2n) is 14.1. The highest BCUT2D eigenvalue weighted by molar-refractivity contribution is 6.07. The molecule has 52 heavy (non-hydrogen) atoms. The van der Waals surface area contributed by atoms with Crippen LogP contribution in [0.1, 0.15) is 41.2 Å². The fraction of sp³-hybridized carbons (Fsp3) is 0.0800. The van der Waals surface area contributed by atoms with Gasteiger partial charge in [0.25, 0.3) is 0 Å². The number of nitrogens with zero attached hydrogens (tertiary/aromatic N) is 1. The maximum absolute atomic E-state index is 6.76. The summed E-state index contributed by atoms with van der Waals surface area (Å²) in [6.45, 7) is 2.30. The van der Waals surface area contributed by atoms with Crippen molar-refractivity contribution in [3.8, 4) is 11.1 Å². The molecule has 1 aromatic heterocycles. The zero-order chi connectivity index (χ0) is 34.6. The molecule has 2 heteroatoms. The summed E-state index contributed by atoms with van der Waals surface area (Å²) in [4.78, 5) is 2.41. The first kappa shape index (κ1) is 30.4. The van der Waals surface area contributed by atoms with E-state index in [1.165, 1.54) is 50.2 Å². The van der Waals surface area contributed by atoms with E-state index in [0.29, 0.717) is 5.92 Å². The van der Waals surface area contributed by atoms with Gasteiger partial charge in [-0.2, -0.15) is 0 Å². The molecule has 2 aliphatic rings. The summed E-state index contributed by atoms with van der Waals surface area (Å²) in [5, 5.41) is 2.22. The van der Waals surface area contributed by atoms with Gasteiger partial charge in [0, 0.05) is 33.4 Å². The van der Waals surface area contributed by atoms with Gasteiger partial charge in [-0.3, -0.25) is 0 Å². The predicted molar refractivity (Wildman–Crippen MR) is 216 cm³/mol. The van der Waals surface area contributed by atoms with Crippen molar-refractivity contribution in [3.63, 3.8) is 0 Å². The van der Waals surface area contributed by atoms with Crippen LogP contribution in [-0.2, 0) is 5.41 Å². The average Bonchev–Trinajstić information content (AvgIpc) is 3.72. The number of furan rings is 1. The summed E-state index contributed by atoms with van der Waals surface area (Å²) in [6.07, 6.45) is 5.85. The van der Waals surface area contributed by atoms with Crippen molar-refractivity contribution < 1.29 is 4.42 Å². The highest BCUT2D eigenvalue weighted by atomic mass is 16.3. The molecule has 248 valence electrons. The van der Waals surface area contributed by atoms with Crippen molar-refractivity contribution >= 4 is 38.9 Å². The third kappa shape index (κ3) is 4.64. The molecule has 1 atom stereocenters. The van der Waals surface area contributed by atoms with E-state index in [-0.39, 0.29) is 0 Å². The molecule has 10 rings (SSSR count). The lowest BCUT2D eigenvalue weighted by atomic mass is 9.67. The molecule has 0 fully saturated rings. The molecule has 8 aromatic rings. The summed E-state index contributed by atoms with van der Waals surface area (Å²) >= 11 is 0. The Labute approximate surface area is 304 Å². The fourth-order valence-corrected chi connectivity index (χ4v) is 8.77. The van der Waals surface area contributed by atoms with Crippen molar-refractivity contribution in [3.05, 3.63) is 222 Å². The smallest absolute Gasteiger partial charge is 0.135 e. The molecular formula is C50H37NO. The van der Waals surface area contributed by atoms with Gasteiger partial charge in [0.2, 0.25) is 0 Å². The van der Waals surface area contributed by atoms with E-state index in [2.05, 4.69) is 200 Å². The summed E-state index contributed by atoms with van der Waals surface area (Å²) in [7, 11) is 0. The highest BCUT2D eigenvalue weighted by Crippen LogP contribution is 2.56. The van der Waals surface area contributed by atoms with Crippen LogP contribution in [-0.4, -0.2) is 0 Å². The second kappa shape index (κ2) is 12.1. The molecule has 7 aromatic carbocycles. The molecule has 0 bridgehead atoms. The van der Waals surface area contributed by atoms with Gasteiger partial charge < -0.3 is 9.32 Å². The normalized spacial score (nSPS) is 15.9. The summed E-state index contributed by atoms with van der Waals surface area (Å²) in [5.74, 6) is 0.424. The number of fused-ring (bicyclic) bond motifs is 6. The third-order valence-corrected chi connectivity index (χ3v) is 11.1. The van der Waals surface area contributed by atoms with E-state index in [4.69, 9.17) is 4.42 Å². The van der Waals surface area contributed by atoms with E-state index in [0.717, 1.165) is 39.7 Å². The van der Waals surface area contributed by atoms with Crippen LogP contribution >= 0.6 is 0 Å². The molecule has 1 unspecified atom stereocenters. The van der Waals surface area contributed by atoms with Crippen LogP contribution in [0, 0.1) is 5.92 Å². The third-order valence-electron chi connectivity index (χ3n) is 11.1. The molecule has 0 saturated heterocycles. The molecule has 2 nitrogen and oxygen atoms in total. The Bertz CT molecular complexity index is 2620. The van der Waals surface area contributed by atoms with Crippen LogP contribution in [0.25, 0.3) is 38.6 Å². The Balaban J connectivity index is 1.16. The number of benzene rings is 7. The summed E-state index contributed by atoms with van der Waals surface area (Å²) in [6, 6.07) is 63.8. The van der Waals surface area contributed by atoms with E-state index < -0.39 is 5.41 Å². The Hall–Kier alpha value is -6.38. The minimum Gasteiger partial charge on any atom is -0.456 e. The Kier molecular flexibility index (Phi) is 7.11. The van der Waals surface area contributed by atoms with Crippen LogP contribution in [0.3, 0.4) is 0 Å². The Morgan fingerprint density at radius 2 is 1.17 bits per heavy atom. The highest BCUT2D eigenvalue weighted by Gasteiger charge is 2.46. The number of hydrogen-bond donors (Lipinski definition) is 0. The van der Waals surface area contributed by atoms with Crippen LogP contribution in [0.15, 0.2) is 198 Å². The first-order valence-electron chi connectivity index (χ1n) is 18.2. The molecule has 2 aliphatic carbocycles. The standard InChI is InChI=1S/C50H37NO/c1-34-25-28-40(35-15-5-2-6-16-35)47(31-34)51(38-19-9-4-10-20-38)39-27-30-48-44(33-39)43-29-26-37(32-49(43)52-48)50(36-17-7-3-8-18-36)45-23-13-11-21-41(45)42-22-12-14-24-46(42)50/h2-24,26-34H,25H2,1H3. The summed E-state index contributed by atoms with van der Waals surface area (Å²) in [5.41, 5.74) is 14.8. The maximum atomic E-state index is 6.76. The molecule has 0 aliphatic heterocycles. The predicted octanol–water partition coefficient (Wildman–Crippen LogP) is 13.1. The lowest BCUT2D eigenvalue weighted by Crippen LogP contribution is -2.28. The first-order valence-corrected chi connectivity index (χ1v) is 18.2. The topological polar surface area (TPSA) is 16.4 Å². The zero-order valence-electron chi connectivity index (χ0n) is 29.0. The second-order valence-corrected chi connectivity index (χ2v) is 14.1. The number of anilines is 2. The lowest BCUT2D eigenvalue weighted by Gasteiger charge is -2.33. The largest absolute Gasteiger partial charge is 0.456 e. The van der Waals surface area contributed by atoms with E-state index in [1.807, 2.05) is 0 Å². The van der Waals surface area contributed by atoms with Crippen LogP contribution in [0.4, 0.5) is 11.4 Å². The van der Waals surface area contributed by atoms with Gasteiger partial charge in [0.05, 0.1) is 5.41 Å². The van der Waals surface area contributed by atoms with Gasteiger partial charge in [-0.25, -0.2) is 0 Å². The van der Waals surface area contributed by atoms with Crippen molar-refractivity contribution in [2.75, 3.05) is 4.90 Å². The van der Waals surface area contributed by atoms with Crippen LogP contribution < -0.4 is 4.90 Å². The van der Waals surface area contributed by atoms with Crippen molar-refractivity contribution in [1.29, 1.82) is 0 Å². The van der Waals surface area contributed by atoms with Crippen molar-refractivity contribution in [2.24, 2.45) is 5.92 Å². The zero-order valence-corrected chi connectivity index (χ0v) is 29.0. The monoisotopic (exact) mass is 667 g/mol. The van der Waals surface area contributed by atoms with E-state index >= 15 is 0 Å². The van der Waals surface area contributed by atoms with Crippen molar-refractivity contribution in [2.45, 2.75) is 18.8 Å². The molecule has 0 amide bonds. The molecule has 0 saturated carbocycles. The van der Waals surface area contributed by atoms with Gasteiger partial charge in [-0.1, -0.05) is 159 Å². The Morgan fingerprint density at radius 1 is 0.538 bits per heavy atom. The lowest BCUT2D eigenvalue weighted by molar-refractivity contribution is 0.665. The minimum absolute atomic E-state index is 0.424.